The summed E-state index contributed by atoms with van der Waals surface area (Å²) in [6.45, 7) is 1.75. The van der Waals surface area contributed by atoms with Crippen molar-refractivity contribution in [1.82, 2.24) is 15.0 Å². The smallest absolute Gasteiger partial charge is 0.300 e. The van der Waals surface area contributed by atoms with Crippen molar-refractivity contribution in [2.75, 3.05) is 61.6 Å². The van der Waals surface area contributed by atoms with Gasteiger partial charge in [-0.2, -0.15) is 4.98 Å². The van der Waals surface area contributed by atoms with Gasteiger partial charge in [-0.25, -0.2) is 18.7 Å². The van der Waals surface area contributed by atoms with Gasteiger partial charge in [0.25, 0.3) is 17.8 Å². The Bertz CT molecular complexity index is 1370. The lowest BCUT2D eigenvalue weighted by molar-refractivity contribution is 0.0256. The molecule has 5 heterocycles. The van der Waals surface area contributed by atoms with Crippen LogP contribution in [0.2, 0.25) is 0 Å². The van der Waals surface area contributed by atoms with Gasteiger partial charge in [0.2, 0.25) is 5.65 Å². The number of carbonyl (C=O) groups is 1. The molecular weight excluding hydrogens is 486 g/mol. The van der Waals surface area contributed by atoms with Gasteiger partial charge < -0.3 is 30.0 Å². The second-order valence-electron chi connectivity index (χ2n) is 8.68. The number of aliphatic imine (C=N–C) groups is 1. The van der Waals surface area contributed by atoms with Crippen LogP contribution >= 0.6 is 0 Å². The number of pyridine rings is 2. The van der Waals surface area contributed by atoms with Gasteiger partial charge in [-0.1, -0.05) is 6.07 Å². The van der Waals surface area contributed by atoms with Crippen LogP contribution in [0.4, 0.5) is 26.4 Å². The van der Waals surface area contributed by atoms with Gasteiger partial charge in [0.1, 0.15) is 11.6 Å². The number of amides is 1. The highest BCUT2D eigenvalue weighted by atomic mass is 19.3. The maximum atomic E-state index is 14.1. The van der Waals surface area contributed by atoms with E-state index in [0.717, 1.165) is 0 Å². The Hall–Kier alpha value is -4.13. The molecule has 3 aromatic rings. The molecule has 0 bridgehead atoms. The molecule has 1 amide bonds. The summed E-state index contributed by atoms with van der Waals surface area (Å²) in [6.07, 6.45) is 2.58. The normalized spacial score (nSPS) is 18.2. The van der Waals surface area contributed by atoms with E-state index in [-0.39, 0.29) is 41.4 Å². The SMILES string of the molecule is CN=C/C(=C\N)c1cccc(NC(=O)c2cc3oc(N4CCOCC4)nc3nc2N2CCC(F)(F)C2)n1. The number of nitrogens with zero attached hydrogens (tertiary/aromatic N) is 6. The largest absolute Gasteiger partial charge is 0.422 e. The Kier molecular flexibility index (Phi) is 6.70. The van der Waals surface area contributed by atoms with Crippen molar-refractivity contribution in [1.29, 1.82) is 0 Å². The number of hydrogen-bond acceptors (Lipinski definition) is 10. The molecule has 0 aliphatic carbocycles. The van der Waals surface area contributed by atoms with Crippen molar-refractivity contribution in [2.45, 2.75) is 12.3 Å². The molecule has 2 saturated heterocycles. The maximum absolute atomic E-state index is 14.1. The molecule has 0 spiro atoms. The average molecular weight is 513 g/mol. The number of nitrogens with one attached hydrogen (secondary N) is 1. The summed E-state index contributed by atoms with van der Waals surface area (Å²) in [5.41, 5.74) is 7.33. The predicted octanol–water partition coefficient (Wildman–Crippen LogP) is 2.55. The summed E-state index contributed by atoms with van der Waals surface area (Å²) in [7, 11) is 1.61. The van der Waals surface area contributed by atoms with Crippen LogP contribution in [0.15, 0.2) is 39.9 Å². The quantitative estimate of drug-likeness (QED) is 0.478. The highest BCUT2D eigenvalue weighted by Crippen LogP contribution is 2.34. The van der Waals surface area contributed by atoms with Crippen LogP contribution < -0.4 is 20.9 Å². The molecule has 3 aromatic heterocycles. The van der Waals surface area contributed by atoms with Crippen molar-refractivity contribution in [3.63, 3.8) is 0 Å². The highest BCUT2D eigenvalue weighted by Gasteiger charge is 2.40. The summed E-state index contributed by atoms with van der Waals surface area (Å²) in [4.78, 5) is 34.0. The van der Waals surface area contributed by atoms with Crippen LogP contribution in [0.3, 0.4) is 0 Å². The Labute approximate surface area is 211 Å². The van der Waals surface area contributed by atoms with E-state index >= 15 is 0 Å². The molecule has 0 radical (unpaired) electrons. The first-order valence-corrected chi connectivity index (χ1v) is 11.8. The molecule has 37 heavy (non-hydrogen) atoms. The second-order valence-corrected chi connectivity index (χ2v) is 8.68. The fourth-order valence-electron chi connectivity index (χ4n) is 4.24. The van der Waals surface area contributed by atoms with Crippen LogP contribution in [0.1, 0.15) is 22.5 Å². The number of alkyl halides is 2. The van der Waals surface area contributed by atoms with E-state index in [0.29, 0.717) is 43.6 Å². The van der Waals surface area contributed by atoms with Gasteiger partial charge in [0.15, 0.2) is 5.58 Å². The first kappa shape index (κ1) is 24.6. The lowest BCUT2D eigenvalue weighted by atomic mass is 10.2. The van der Waals surface area contributed by atoms with Crippen molar-refractivity contribution < 1.29 is 22.7 Å². The molecule has 13 heteroatoms. The van der Waals surface area contributed by atoms with Crippen LogP contribution in [-0.2, 0) is 4.74 Å². The van der Waals surface area contributed by atoms with Crippen LogP contribution in [0.5, 0.6) is 0 Å². The average Bonchev–Trinajstić information content (AvgIpc) is 3.49. The third-order valence-electron chi connectivity index (χ3n) is 6.08. The Morgan fingerprint density at radius 1 is 1.19 bits per heavy atom. The molecule has 0 aromatic carbocycles. The summed E-state index contributed by atoms with van der Waals surface area (Å²) < 4.78 is 39.4. The number of hydrogen-bond donors (Lipinski definition) is 2. The minimum absolute atomic E-state index is 0.0503. The van der Waals surface area contributed by atoms with Crippen LogP contribution in [-0.4, -0.2) is 79.4 Å². The molecule has 2 aliphatic rings. The number of halogens is 2. The van der Waals surface area contributed by atoms with Gasteiger partial charge in [-0.3, -0.25) is 9.79 Å². The standard InChI is InChI=1S/C24H26F2N8O3/c1-28-13-15(12-27)17-3-2-4-19(29-17)30-22(35)16-11-18-20(31-21(16)34-6-5-24(25,26)14-34)32-23(37-18)33-7-9-36-10-8-33/h2-4,11-13H,5-10,14,27H2,1H3,(H,29,30,35)/b15-12+,28-13?. The lowest BCUT2D eigenvalue weighted by Crippen LogP contribution is -2.36. The summed E-state index contributed by atoms with van der Waals surface area (Å²) in [5.74, 6) is -3.10. The molecule has 2 aliphatic heterocycles. The fourth-order valence-corrected chi connectivity index (χ4v) is 4.24. The number of aromatic nitrogens is 3. The van der Waals surface area contributed by atoms with E-state index in [1.54, 1.807) is 31.5 Å². The number of carbonyl (C=O) groups excluding carboxylic acids is 1. The molecule has 3 N–H and O–H groups in total. The second kappa shape index (κ2) is 10.1. The molecule has 2 fully saturated rings. The molecule has 5 rings (SSSR count). The third-order valence-corrected chi connectivity index (χ3v) is 6.08. The third kappa shape index (κ3) is 5.21. The fraction of sp³-hybridized carbons (Fsp3) is 0.375. The van der Waals surface area contributed by atoms with E-state index in [1.807, 2.05) is 4.90 Å². The first-order valence-electron chi connectivity index (χ1n) is 11.8. The molecule has 0 unspecified atom stereocenters. The monoisotopic (exact) mass is 512 g/mol. The zero-order valence-electron chi connectivity index (χ0n) is 20.2. The summed E-state index contributed by atoms with van der Waals surface area (Å²) in [6, 6.07) is 6.87. The number of anilines is 3. The highest BCUT2D eigenvalue weighted by molar-refractivity contribution is 6.10. The van der Waals surface area contributed by atoms with Gasteiger partial charge >= 0.3 is 0 Å². The van der Waals surface area contributed by atoms with Crippen LogP contribution in [0.25, 0.3) is 16.8 Å². The molecule has 194 valence electrons. The van der Waals surface area contributed by atoms with Crippen molar-refractivity contribution in [3.05, 3.63) is 41.7 Å². The predicted molar refractivity (Wildman–Crippen MR) is 135 cm³/mol. The number of ether oxygens (including phenoxy) is 1. The Balaban J connectivity index is 1.50. The van der Waals surface area contributed by atoms with E-state index in [1.165, 1.54) is 17.2 Å². The van der Waals surface area contributed by atoms with Gasteiger partial charge in [0, 0.05) is 57.2 Å². The maximum Gasteiger partial charge on any atom is 0.300 e. The summed E-state index contributed by atoms with van der Waals surface area (Å²) >= 11 is 0. The lowest BCUT2D eigenvalue weighted by Gasteiger charge is -2.24. The van der Waals surface area contributed by atoms with Crippen molar-refractivity contribution >= 4 is 46.6 Å². The van der Waals surface area contributed by atoms with Gasteiger partial charge in [-0.15, -0.1) is 0 Å². The number of allylic oxidation sites excluding steroid dienone is 1. The Morgan fingerprint density at radius 2 is 2.00 bits per heavy atom. The summed E-state index contributed by atoms with van der Waals surface area (Å²) in [5, 5.41) is 2.73. The van der Waals surface area contributed by atoms with Crippen LogP contribution in [0, 0.1) is 0 Å². The van der Waals surface area contributed by atoms with E-state index < -0.39 is 18.4 Å². The topological polar surface area (TPSA) is 135 Å². The van der Waals surface area contributed by atoms with Crippen molar-refractivity contribution in [2.24, 2.45) is 10.7 Å². The van der Waals surface area contributed by atoms with E-state index in [9.17, 15) is 13.6 Å². The number of rotatable bonds is 6. The minimum Gasteiger partial charge on any atom is -0.422 e. The zero-order chi connectivity index (χ0) is 26.0. The number of morpholine rings is 1. The van der Waals surface area contributed by atoms with Crippen molar-refractivity contribution in [3.8, 4) is 0 Å². The number of fused-ring (bicyclic) bond motifs is 1. The van der Waals surface area contributed by atoms with E-state index in [2.05, 4.69) is 25.3 Å². The zero-order valence-corrected chi connectivity index (χ0v) is 20.2. The molecular formula is C24H26F2N8O3. The Morgan fingerprint density at radius 3 is 2.70 bits per heavy atom. The van der Waals surface area contributed by atoms with E-state index in [4.69, 9.17) is 14.9 Å². The first-order chi connectivity index (χ1) is 17.9. The number of nitrogens with two attached hydrogens (primary N) is 1. The minimum atomic E-state index is -2.88. The molecule has 11 nitrogen and oxygen atoms in total. The molecule has 0 saturated carbocycles. The number of oxazole rings is 1. The van der Waals surface area contributed by atoms with Gasteiger partial charge in [-0.05, 0) is 12.1 Å². The van der Waals surface area contributed by atoms with Gasteiger partial charge in [0.05, 0.1) is 31.0 Å². The molecule has 0 atom stereocenters.